The average molecular weight is 377 g/mol. The van der Waals surface area contributed by atoms with Crippen LogP contribution >= 0.6 is 0 Å². The molecule has 1 aromatic rings. The smallest absolute Gasteiger partial charge is 0.328 e. The Morgan fingerprint density at radius 2 is 1.67 bits per heavy atom. The van der Waals surface area contributed by atoms with Crippen molar-refractivity contribution >= 4 is 23.4 Å². The second-order valence-corrected chi connectivity index (χ2v) is 6.29. The third-order valence-electron chi connectivity index (χ3n) is 4.06. The number of aliphatic hydroxyl groups excluding tert-OH is 1. The van der Waals surface area contributed by atoms with E-state index in [0.29, 0.717) is 25.7 Å². The lowest BCUT2D eigenvalue weighted by molar-refractivity contribution is -0.145. The Morgan fingerprint density at radius 3 is 2.30 bits per heavy atom. The van der Waals surface area contributed by atoms with Gasteiger partial charge < -0.3 is 15.2 Å². The minimum Gasteiger partial charge on any atom is -0.467 e. The van der Waals surface area contributed by atoms with E-state index in [4.69, 9.17) is 5.11 Å². The highest BCUT2D eigenvalue weighted by Crippen LogP contribution is 2.07. The maximum atomic E-state index is 12.0. The number of unbranched alkanes of at least 4 members (excludes halogenated alkanes) is 1. The molecule has 27 heavy (non-hydrogen) atoms. The van der Waals surface area contributed by atoms with Gasteiger partial charge in [0.25, 0.3) is 0 Å². The maximum absolute atomic E-state index is 12.0. The van der Waals surface area contributed by atoms with Crippen LogP contribution in [0.1, 0.15) is 44.1 Å². The largest absolute Gasteiger partial charge is 0.467 e. The van der Waals surface area contributed by atoms with Gasteiger partial charge in [0.15, 0.2) is 5.78 Å². The summed E-state index contributed by atoms with van der Waals surface area (Å²) in [6.07, 6.45) is 2.13. The molecule has 0 aromatic heterocycles. The van der Waals surface area contributed by atoms with E-state index in [-0.39, 0.29) is 31.0 Å². The van der Waals surface area contributed by atoms with E-state index in [1.165, 1.54) is 7.11 Å². The number of aliphatic hydroxyl groups is 1. The van der Waals surface area contributed by atoms with Gasteiger partial charge in [-0.25, -0.2) is 4.79 Å². The fraction of sp³-hybridized carbons (Fsp3) is 0.500. The molecule has 0 radical (unpaired) electrons. The van der Waals surface area contributed by atoms with Crippen molar-refractivity contribution in [2.75, 3.05) is 13.7 Å². The molecule has 7 nitrogen and oxygen atoms in total. The number of ketones is 2. The molecule has 0 unspecified atom stereocenters. The minimum absolute atomic E-state index is 0.0233. The van der Waals surface area contributed by atoms with Crippen LogP contribution in [0.4, 0.5) is 0 Å². The van der Waals surface area contributed by atoms with Gasteiger partial charge in [-0.2, -0.15) is 0 Å². The molecular weight excluding hydrogens is 350 g/mol. The molecule has 0 spiro atoms. The fourth-order valence-corrected chi connectivity index (χ4v) is 2.56. The number of benzene rings is 1. The molecule has 1 atom stereocenters. The number of carbonyl (C=O) groups excluding carboxylic acids is 4. The second kappa shape index (κ2) is 12.8. The third kappa shape index (κ3) is 9.65. The molecular formula is C20H27NO6. The molecule has 0 aliphatic rings. The van der Waals surface area contributed by atoms with Gasteiger partial charge in [0.05, 0.1) is 7.11 Å². The van der Waals surface area contributed by atoms with Crippen LogP contribution in [-0.2, 0) is 30.3 Å². The lowest BCUT2D eigenvalue weighted by Crippen LogP contribution is -2.41. The first-order chi connectivity index (χ1) is 13.0. The van der Waals surface area contributed by atoms with Crippen LogP contribution in [-0.4, -0.2) is 48.3 Å². The number of ether oxygens (including phenoxy) is 1. The van der Waals surface area contributed by atoms with Gasteiger partial charge >= 0.3 is 5.97 Å². The maximum Gasteiger partial charge on any atom is 0.328 e. The van der Waals surface area contributed by atoms with Crippen molar-refractivity contribution in [1.82, 2.24) is 5.32 Å². The highest BCUT2D eigenvalue weighted by Gasteiger charge is 2.22. The average Bonchev–Trinajstić information content (AvgIpc) is 2.68. The Kier molecular flexibility index (Phi) is 10.6. The Morgan fingerprint density at radius 1 is 1.00 bits per heavy atom. The van der Waals surface area contributed by atoms with E-state index < -0.39 is 24.4 Å². The molecule has 0 bridgehead atoms. The van der Waals surface area contributed by atoms with Gasteiger partial charge in [0, 0.05) is 25.7 Å². The van der Waals surface area contributed by atoms with Crippen molar-refractivity contribution in [1.29, 1.82) is 0 Å². The zero-order chi connectivity index (χ0) is 20.1. The monoisotopic (exact) mass is 377 g/mol. The normalized spacial score (nSPS) is 11.5. The lowest BCUT2D eigenvalue weighted by atomic mass is 10.0. The van der Waals surface area contributed by atoms with E-state index in [9.17, 15) is 19.2 Å². The standard InChI is InChI=1S/C20H27NO6/c1-27-20(26)18(12-11-17(24)14-22)21-19(25)10-6-5-9-16(23)13-15-7-3-2-4-8-15/h2-4,7-8,18,22H,5-6,9-14H2,1H3,(H,21,25)/t18-/m0/s1. The van der Waals surface area contributed by atoms with Gasteiger partial charge in [0.2, 0.25) is 5.91 Å². The van der Waals surface area contributed by atoms with E-state index in [2.05, 4.69) is 10.1 Å². The molecule has 0 heterocycles. The molecule has 7 heteroatoms. The van der Waals surface area contributed by atoms with Crippen molar-refractivity contribution in [3.05, 3.63) is 35.9 Å². The molecule has 1 aromatic carbocycles. The zero-order valence-electron chi connectivity index (χ0n) is 15.6. The molecule has 0 aliphatic heterocycles. The molecule has 1 amide bonds. The van der Waals surface area contributed by atoms with Gasteiger partial charge in [-0.3, -0.25) is 14.4 Å². The first kappa shape index (κ1) is 22.5. The van der Waals surface area contributed by atoms with Crippen LogP contribution in [0.25, 0.3) is 0 Å². The fourth-order valence-electron chi connectivity index (χ4n) is 2.56. The van der Waals surface area contributed by atoms with Gasteiger partial charge in [-0.15, -0.1) is 0 Å². The minimum atomic E-state index is -0.919. The summed E-state index contributed by atoms with van der Waals surface area (Å²) < 4.78 is 4.62. The Hall–Kier alpha value is -2.54. The van der Waals surface area contributed by atoms with Crippen molar-refractivity contribution in [3.8, 4) is 0 Å². The Bertz CT molecular complexity index is 629. The first-order valence-corrected chi connectivity index (χ1v) is 9.01. The summed E-state index contributed by atoms with van der Waals surface area (Å²) in [5.41, 5.74) is 0.971. The van der Waals surface area contributed by atoms with E-state index >= 15 is 0 Å². The van der Waals surface area contributed by atoms with Crippen LogP contribution in [0, 0.1) is 0 Å². The molecule has 148 valence electrons. The quantitative estimate of drug-likeness (QED) is 0.397. The summed E-state index contributed by atoms with van der Waals surface area (Å²) in [7, 11) is 1.20. The molecule has 0 saturated heterocycles. The molecule has 0 saturated carbocycles. The van der Waals surface area contributed by atoms with Crippen LogP contribution in [0.3, 0.4) is 0 Å². The van der Waals surface area contributed by atoms with Crippen LogP contribution < -0.4 is 5.32 Å². The third-order valence-corrected chi connectivity index (χ3v) is 4.06. The SMILES string of the molecule is COC(=O)[C@H](CCC(=O)CO)NC(=O)CCCCC(=O)Cc1ccccc1. The summed E-state index contributed by atoms with van der Waals surface area (Å²) in [4.78, 5) is 46.8. The second-order valence-electron chi connectivity index (χ2n) is 6.29. The number of rotatable bonds is 13. The number of carbonyl (C=O) groups is 4. The first-order valence-electron chi connectivity index (χ1n) is 9.01. The predicted octanol–water partition coefficient (Wildman–Crippen LogP) is 1.36. The predicted molar refractivity (Wildman–Crippen MR) is 98.9 cm³/mol. The Labute approximate surface area is 159 Å². The number of nitrogens with one attached hydrogen (secondary N) is 1. The van der Waals surface area contributed by atoms with E-state index in [0.717, 1.165) is 5.56 Å². The van der Waals surface area contributed by atoms with Crippen LogP contribution in [0.5, 0.6) is 0 Å². The number of methoxy groups -OCH3 is 1. The number of amides is 1. The summed E-state index contributed by atoms with van der Waals surface area (Å²) >= 11 is 0. The number of Topliss-reactive ketones (excluding diaryl/α,β-unsaturated/α-hetero) is 2. The topological polar surface area (TPSA) is 110 Å². The molecule has 2 N–H and O–H groups in total. The van der Waals surface area contributed by atoms with E-state index in [1.54, 1.807) is 0 Å². The number of hydrogen-bond donors (Lipinski definition) is 2. The highest BCUT2D eigenvalue weighted by atomic mass is 16.5. The van der Waals surface area contributed by atoms with Crippen LogP contribution in [0.2, 0.25) is 0 Å². The van der Waals surface area contributed by atoms with Gasteiger partial charge in [-0.05, 0) is 24.8 Å². The summed E-state index contributed by atoms with van der Waals surface area (Å²) in [5, 5.41) is 11.3. The lowest BCUT2D eigenvalue weighted by Gasteiger charge is -2.16. The Balaban J connectivity index is 2.29. The van der Waals surface area contributed by atoms with Crippen molar-refractivity contribution in [2.45, 2.75) is 51.0 Å². The molecule has 1 rings (SSSR count). The van der Waals surface area contributed by atoms with Crippen molar-refractivity contribution in [2.24, 2.45) is 0 Å². The van der Waals surface area contributed by atoms with Gasteiger partial charge in [-0.1, -0.05) is 30.3 Å². The molecule has 0 fully saturated rings. The van der Waals surface area contributed by atoms with Crippen LogP contribution in [0.15, 0.2) is 30.3 Å². The number of esters is 1. The summed E-state index contributed by atoms with van der Waals surface area (Å²) in [6.45, 7) is -0.598. The van der Waals surface area contributed by atoms with Crippen molar-refractivity contribution in [3.63, 3.8) is 0 Å². The van der Waals surface area contributed by atoms with Gasteiger partial charge in [0.1, 0.15) is 18.4 Å². The van der Waals surface area contributed by atoms with Crippen molar-refractivity contribution < 1.29 is 29.0 Å². The highest BCUT2D eigenvalue weighted by molar-refractivity contribution is 5.86. The van der Waals surface area contributed by atoms with E-state index in [1.807, 2.05) is 30.3 Å². The molecule has 0 aliphatic carbocycles. The summed E-state index contributed by atoms with van der Waals surface area (Å²) in [5.74, 6) is -1.25. The summed E-state index contributed by atoms with van der Waals surface area (Å²) in [6, 6.07) is 8.56. The number of hydrogen-bond acceptors (Lipinski definition) is 6. The zero-order valence-corrected chi connectivity index (χ0v) is 15.6.